The van der Waals surface area contributed by atoms with Crippen molar-refractivity contribution in [1.82, 2.24) is 5.32 Å². The molecular weight excluding hydrogens is 479 g/mol. The number of halogens is 3. The predicted octanol–water partition coefficient (Wildman–Crippen LogP) is 5.58. The van der Waals surface area contributed by atoms with Gasteiger partial charge in [-0.1, -0.05) is 34.8 Å². The van der Waals surface area contributed by atoms with Gasteiger partial charge in [-0.05, 0) is 54.6 Å². The molecule has 0 saturated carbocycles. The summed E-state index contributed by atoms with van der Waals surface area (Å²) >= 11 is 18.1. The molecule has 1 aromatic heterocycles. The number of urea groups is 1. The summed E-state index contributed by atoms with van der Waals surface area (Å²) in [6.45, 7) is 0. The van der Waals surface area contributed by atoms with Gasteiger partial charge in [0.25, 0.3) is 11.8 Å². The Morgan fingerprint density at radius 3 is 2.41 bits per heavy atom. The van der Waals surface area contributed by atoms with Crippen molar-refractivity contribution < 1.29 is 23.5 Å². The minimum absolute atomic E-state index is 0.174. The van der Waals surface area contributed by atoms with Crippen LogP contribution in [0.4, 0.5) is 10.5 Å². The number of anilines is 1. The number of ether oxygens (including phenoxy) is 1. The fourth-order valence-electron chi connectivity index (χ4n) is 3.06. The number of rotatable bonds is 4. The van der Waals surface area contributed by atoms with E-state index in [2.05, 4.69) is 5.32 Å². The van der Waals surface area contributed by atoms with Crippen LogP contribution < -0.4 is 15.0 Å². The van der Waals surface area contributed by atoms with Crippen molar-refractivity contribution in [2.75, 3.05) is 12.0 Å². The maximum Gasteiger partial charge on any atom is 0.335 e. The molecule has 1 saturated heterocycles. The normalized spacial score (nSPS) is 15.3. The quantitative estimate of drug-likeness (QED) is 0.380. The molecule has 1 N–H and O–H groups in total. The van der Waals surface area contributed by atoms with Gasteiger partial charge in [-0.15, -0.1) is 0 Å². The van der Waals surface area contributed by atoms with Gasteiger partial charge in [-0.25, -0.2) is 9.69 Å². The lowest BCUT2D eigenvalue weighted by molar-refractivity contribution is -0.122. The van der Waals surface area contributed by atoms with Crippen LogP contribution in [0.25, 0.3) is 17.4 Å². The monoisotopic (exact) mass is 490 g/mol. The second-order valence-electron chi connectivity index (χ2n) is 6.61. The Balaban J connectivity index is 1.67. The molecule has 0 atom stereocenters. The highest BCUT2D eigenvalue weighted by atomic mass is 35.5. The fraction of sp³-hybridized carbons (Fsp3) is 0.0455. The number of carbonyl (C=O) groups is 3. The molecule has 1 fully saturated rings. The topological polar surface area (TPSA) is 88.8 Å². The van der Waals surface area contributed by atoms with Crippen LogP contribution in [-0.4, -0.2) is 25.0 Å². The molecule has 0 bridgehead atoms. The highest BCUT2D eigenvalue weighted by Crippen LogP contribution is 2.32. The zero-order valence-corrected chi connectivity index (χ0v) is 18.6. The summed E-state index contributed by atoms with van der Waals surface area (Å²) < 4.78 is 10.8. The third-order valence-electron chi connectivity index (χ3n) is 4.61. The number of amides is 4. The molecular formula is C22H13Cl3N2O5. The molecule has 10 heteroatoms. The number of hydrogen-bond donors (Lipinski definition) is 1. The van der Waals surface area contributed by atoms with Crippen molar-refractivity contribution in [3.63, 3.8) is 0 Å². The second kappa shape index (κ2) is 8.70. The SMILES string of the molecule is COc1ccc(N2C(=O)NC(=O)C(=Cc3ccc(-c4ccc(Cl)c(Cl)c4)o3)C2=O)cc1Cl. The third kappa shape index (κ3) is 4.10. The van der Waals surface area contributed by atoms with Crippen molar-refractivity contribution in [1.29, 1.82) is 0 Å². The van der Waals surface area contributed by atoms with Crippen molar-refractivity contribution in [2.45, 2.75) is 0 Å². The smallest absolute Gasteiger partial charge is 0.335 e. The highest BCUT2D eigenvalue weighted by Gasteiger charge is 2.37. The number of nitrogens with zero attached hydrogens (tertiary/aromatic N) is 1. The number of methoxy groups -OCH3 is 1. The molecule has 4 amide bonds. The second-order valence-corrected chi connectivity index (χ2v) is 7.83. The first-order chi connectivity index (χ1) is 15.3. The lowest BCUT2D eigenvalue weighted by Gasteiger charge is -2.26. The van der Waals surface area contributed by atoms with E-state index in [1.165, 1.54) is 31.4 Å². The number of barbiturate groups is 1. The van der Waals surface area contributed by atoms with Crippen LogP contribution in [0.15, 0.2) is 58.5 Å². The van der Waals surface area contributed by atoms with Crippen LogP contribution >= 0.6 is 34.8 Å². The van der Waals surface area contributed by atoms with E-state index >= 15 is 0 Å². The minimum Gasteiger partial charge on any atom is -0.495 e. The zero-order chi connectivity index (χ0) is 23.0. The summed E-state index contributed by atoms with van der Waals surface area (Å²) in [7, 11) is 1.44. The first-order valence-corrected chi connectivity index (χ1v) is 10.2. The van der Waals surface area contributed by atoms with Gasteiger partial charge in [0.15, 0.2) is 0 Å². The molecule has 0 unspecified atom stereocenters. The van der Waals surface area contributed by atoms with E-state index in [-0.39, 0.29) is 22.0 Å². The van der Waals surface area contributed by atoms with E-state index in [4.69, 9.17) is 44.0 Å². The van der Waals surface area contributed by atoms with Gasteiger partial charge in [-0.3, -0.25) is 14.9 Å². The van der Waals surface area contributed by atoms with Crippen LogP contribution in [0.1, 0.15) is 5.76 Å². The van der Waals surface area contributed by atoms with E-state index in [1.54, 1.807) is 30.3 Å². The first kappa shape index (κ1) is 22.0. The summed E-state index contributed by atoms with van der Waals surface area (Å²) in [5.74, 6) is -0.617. The molecule has 3 aromatic rings. The van der Waals surface area contributed by atoms with Crippen molar-refractivity contribution in [3.8, 4) is 17.1 Å². The molecule has 0 aliphatic carbocycles. The van der Waals surface area contributed by atoms with Gasteiger partial charge in [0.2, 0.25) is 0 Å². The zero-order valence-electron chi connectivity index (χ0n) is 16.3. The predicted molar refractivity (Wildman–Crippen MR) is 121 cm³/mol. The maximum absolute atomic E-state index is 13.0. The molecule has 0 spiro atoms. The first-order valence-electron chi connectivity index (χ1n) is 9.08. The van der Waals surface area contributed by atoms with Gasteiger partial charge in [-0.2, -0.15) is 0 Å². The van der Waals surface area contributed by atoms with Crippen molar-refractivity contribution in [2.24, 2.45) is 0 Å². The molecule has 162 valence electrons. The molecule has 1 aliphatic heterocycles. The summed E-state index contributed by atoms with van der Waals surface area (Å²) in [6, 6.07) is 11.7. The Morgan fingerprint density at radius 2 is 1.72 bits per heavy atom. The van der Waals surface area contributed by atoms with E-state index in [0.717, 1.165) is 4.90 Å². The Hall–Kier alpha value is -3.26. The van der Waals surface area contributed by atoms with E-state index in [1.807, 2.05) is 0 Å². The molecule has 2 heterocycles. The lowest BCUT2D eigenvalue weighted by atomic mass is 10.1. The van der Waals surface area contributed by atoms with Crippen LogP contribution in [0.5, 0.6) is 5.75 Å². The van der Waals surface area contributed by atoms with Gasteiger partial charge in [0.1, 0.15) is 22.8 Å². The molecule has 2 aromatic carbocycles. The van der Waals surface area contributed by atoms with Gasteiger partial charge in [0.05, 0.1) is 27.9 Å². The van der Waals surface area contributed by atoms with Crippen LogP contribution in [0.2, 0.25) is 15.1 Å². The summed E-state index contributed by atoms with van der Waals surface area (Å²) in [5.41, 5.74) is 0.548. The van der Waals surface area contributed by atoms with Crippen LogP contribution in [-0.2, 0) is 9.59 Å². The molecule has 1 aliphatic rings. The summed E-state index contributed by atoms with van der Waals surface area (Å²) in [6.07, 6.45) is 1.25. The minimum atomic E-state index is -0.894. The summed E-state index contributed by atoms with van der Waals surface area (Å²) in [4.78, 5) is 38.5. The van der Waals surface area contributed by atoms with Crippen molar-refractivity contribution >= 4 is 64.4 Å². The number of benzene rings is 2. The number of carbonyl (C=O) groups excluding carboxylic acids is 3. The average molecular weight is 492 g/mol. The molecule has 4 rings (SSSR count). The Kier molecular flexibility index (Phi) is 5.97. The van der Waals surface area contributed by atoms with Crippen LogP contribution in [0.3, 0.4) is 0 Å². The van der Waals surface area contributed by atoms with Crippen LogP contribution in [0, 0.1) is 0 Å². The maximum atomic E-state index is 13.0. The fourth-order valence-corrected chi connectivity index (χ4v) is 3.61. The number of furan rings is 1. The average Bonchev–Trinajstić information content (AvgIpc) is 3.22. The van der Waals surface area contributed by atoms with Gasteiger partial charge in [0, 0.05) is 5.56 Å². The molecule has 7 nitrogen and oxygen atoms in total. The van der Waals surface area contributed by atoms with Crippen molar-refractivity contribution in [3.05, 3.63) is 74.9 Å². The summed E-state index contributed by atoms with van der Waals surface area (Å²) in [5, 5.41) is 3.10. The number of hydrogen-bond acceptors (Lipinski definition) is 5. The molecule has 0 radical (unpaired) electrons. The Labute approximate surface area is 197 Å². The largest absolute Gasteiger partial charge is 0.495 e. The highest BCUT2D eigenvalue weighted by molar-refractivity contribution is 6.42. The van der Waals surface area contributed by atoms with Gasteiger partial charge >= 0.3 is 6.03 Å². The number of nitrogens with one attached hydrogen (secondary N) is 1. The van der Waals surface area contributed by atoms with E-state index in [0.29, 0.717) is 27.1 Å². The van der Waals surface area contributed by atoms with E-state index in [9.17, 15) is 14.4 Å². The lowest BCUT2D eigenvalue weighted by Crippen LogP contribution is -2.54. The third-order valence-corrected chi connectivity index (χ3v) is 5.65. The number of imide groups is 2. The molecule has 32 heavy (non-hydrogen) atoms. The van der Waals surface area contributed by atoms with Gasteiger partial charge < -0.3 is 9.15 Å². The Bertz CT molecular complexity index is 1300. The standard InChI is InChI=1S/C22H13Cl3N2O5/c1-31-19-6-3-12(9-17(19)25)27-21(29)14(20(28)26-22(27)30)10-13-4-7-18(32-13)11-2-5-15(23)16(24)8-11/h2-10H,1H3,(H,26,28,30). The van der Waals surface area contributed by atoms with E-state index < -0.39 is 17.8 Å². The Morgan fingerprint density at radius 1 is 0.938 bits per heavy atom.